The van der Waals surface area contributed by atoms with Crippen LogP contribution in [0.4, 0.5) is 11.5 Å². The summed E-state index contributed by atoms with van der Waals surface area (Å²) in [4.78, 5) is 37.4. The average molecular weight is 347 g/mol. The number of rotatable bonds is 6. The van der Waals surface area contributed by atoms with Crippen LogP contribution in [0.15, 0.2) is 28.3 Å². The number of anilines is 2. The molecule has 0 aromatic carbocycles. The number of amides is 1. The van der Waals surface area contributed by atoms with E-state index in [0.29, 0.717) is 34.3 Å². The third kappa shape index (κ3) is 4.35. The molecular formula is C16H21N5O2S. The van der Waals surface area contributed by atoms with Crippen LogP contribution >= 0.6 is 11.8 Å². The molecule has 0 saturated heterocycles. The van der Waals surface area contributed by atoms with Crippen molar-refractivity contribution in [1.82, 2.24) is 15.0 Å². The molecule has 0 aliphatic heterocycles. The highest BCUT2D eigenvalue weighted by molar-refractivity contribution is 7.98. The lowest BCUT2D eigenvalue weighted by molar-refractivity contribution is -0.116. The van der Waals surface area contributed by atoms with Crippen LogP contribution in [0.1, 0.15) is 17.7 Å². The summed E-state index contributed by atoms with van der Waals surface area (Å²) in [6.07, 6.45) is 4.06. The van der Waals surface area contributed by atoms with Gasteiger partial charge in [0.15, 0.2) is 11.0 Å². The molecule has 0 fully saturated rings. The summed E-state index contributed by atoms with van der Waals surface area (Å²) >= 11 is 1.38. The van der Waals surface area contributed by atoms with Crippen molar-refractivity contribution in [1.29, 1.82) is 0 Å². The van der Waals surface area contributed by atoms with Crippen LogP contribution in [0.25, 0.3) is 0 Å². The van der Waals surface area contributed by atoms with Crippen molar-refractivity contribution < 1.29 is 4.79 Å². The van der Waals surface area contributed by atoms with Crippen LogP contribution in [-0.2, 0) is 11.2 Å². The predicted molar refractivity (Wildman–Crippen MR) is 96.9 cm³/mol. The molecule has 8 heteroatoms. The largest absolute Gasteiger partial charge is 0.361 e. The third-order valence-corrected chi connectivity index (χ3v) is 4.06. The van der Waals surface area contributed by atoms with Gasteiger partial charge in [0.1, 0.15) is 0 Å². The summed E-state index contributed by atoms with van der Waals surface area (Å²) in [7, 11) is 3.72. The van der Waals surface area contributed by atoms with Crippen molar-refractivity contribution in [2.24, 2.45) is 0 Å². The summed E-state index contributed by atoms with van der Waals surface area (Å²) in [5, 5.41) is 3.42. The first-order valence-corrected chi connectivity index (χ1v) is 8.70. The number of nitrogens with one attached hydrogen (secondary N) is 2. The van der Waals surface area contributed by atoms with E-state index in [2.05, 4.69) is 20.3 Å². The molecule has 0 aliphatic carbocycles. The van der Waals surface area contributed by atoms with E-state index >= 15 is 0 Å². The quantitative estimate of drug-likeness (QED) is 0.612. The molecule has 0 spiro atoms. The van der Waals surface area contributed by atoms with Gasteiger partial charge < -0.3 is 15.2 Å². The number of thioether (sulfide) groups is 1. The number of nitrogens with zero attached hydrogens (tertiary/aromatic N) is 3. The highest BCUT2D eigenvalue weighted by Gasteiger charge is 2.12. The zero-order chi connectivity index (χ0) is 17.7. The number of aryl methyl sites for hydroxylation is 1. The van der Waals surface area contributed by atoms with Gasteiger partial charge in [-0.15, -0.1) is 0 Å². The lowest BCUT2D eigenvalue weighted by Gasteiger charge is -2.16. The normalized spacial score (nSPS) is 10.5. The number of carbonyl (C=O) groups is 1. The number of aromatic amines is 1. The van der Waals surface area contributed by atoms with E-state index in [4.69, 9.17) is 0 Å². The molecule has 2 N–H and O–H groups in total. The van der Waals surface area contributed by atoms with Crippen molar-refractivity contribution in [2.75, 3.05) is 30.6 Å². The lowest BCUT2D eigenvalue weighted by atomic mass is 10.1. The summed E-state index contributed by atoms with van der Waals surface area (Å²) in [6, 6.07) is 3.57. The molecule has 24 heavy (non-hydrogen) atoms. The number of hydrogen-bond donors (Lipinski definition) is 2. The number of aromatic nitrogens is 3. The molecular weight excluding hydrogens is 326 g/mol. The fourth-order valence-corrected chi connectivity index (χ4v) is 2.70. The van der Waals surface area contributed by atoms with Crippen LogP contribution in [0.3, 0.4) is 0 Å². The minimum absolute atomic E-state index is 0.168. The number of carbonyl (C=O) groups excluding carboxylic acids is 1. The van der Waals surface area contributed by atoms with E-state index in [1.165, 1.54) is 11.8 Å². The number of H-pyrrole nitrogens is 1. The molecule has 0 atom stereocenters. The Hall–Kier alpha value is -2.35. The number of pyridine rings is 1. The first-order valence-electron chi connectivity index (χ1n) is 7.48. The second-order valence-electron chi connectivity index (χ2n) is 5.46. The van der Waals surface area contributed by atoms with Crippen molar-refractivity contribution in [2.45, 2.75) is 24.9 Å². The first-order chi connectivity index (χ1) is 11.4. The van der Waals surface area contributed by atoms with Crippen molar-refractivity contribution in [3.8, 4) is 0 Å². The van der Waals surface area contributed by atoms with Gasteiger partial charge in [-0.3, -0.25) is 9.59 Å². The Balaban J connectivity index is 2.06. The topological polar surface area (TPSA) is 91.0 Å². The molecule has 0 unspecified atom stereocenters. The molecule has 0 bridgehead atoms. The van der Waals surface area contributed by atoms with Gasteiger partial charge in [0, 0.05) is 38.0 Å². The Kier molecular flexibility index (Phi) is 5.97. The van der Waals surface area contributed by atoms with Crippen LogP contribution in [0.5, 0.6) is 0 Å². The van der Waals surface area contributed by atoms with E-state index in [1.54, 1.807) is 25.3 Å². The zero-order valence-corrected chi connectivity index (χ0v) is 15.0. The minimum Gasteiger partial charge on any atom is -0.361 e. The SMILES string of the molecule is CSc1nc(C)c(CCC(=O)Nc2cccnc2N(C)C)c(=O)[nH]1. The van der Waals surface area contributed by atoms with E-state index in [-0.39, 0.29) is 17.9 Å². The van der Waals surface area contributed by atoms with Gasteiger partial charge in [-0.25, -0.2) is 9.97 Å². The summed E-state index contributed by atoms with van der Waals surface area (Å²) in [5.74, 6) is 0.518. The van der Waals surface area contributed by atoms with Crippen molar-refractivity contribution in [3.63, 3.8) is 0 Å². The Morgan fingerprint density at radius 3 is 2.79 bits per heavy atom. The fourth-order valence-electron chi connectivity index (χ4n) is 2.28. The highest BCUT2D eigenvalue weighted by Crippen LogP contribution is 2.20. The van der Waals surface area contributed by atoms with Gasteiger partial charge in [0.25, 0.3) is 5.56 Å². The molecule has 0 radical (unpaired) electrons. The van der Waals surface area contributed by atoms with Crippen LogP contribution in [0.2, 0.25) is 0 Å². The van der Waals surface area contributed by atoms with Crippen LogP contribution in [-0.4, -0.2) is 41.2 Å². The molecule has 2 aromatic rings. The second kappa shape index (κ2) is 7.96. The highest BCUT2D eigenvalue weighted by atomic mass is 32.2. The molecule has 2 rings (SSSR count). The van der Waals surface area contributed by atoms with Crippen LogP contribution in [0, 0.1) is 6.92 Å². The molecule has 2 heterocycles. The average Bonchev–Trinajstić information content (AvgIpc) is 2.54. The third-order valence-electron chi connectivity index (χ3n) is 3.48. The summed E-state index contributed by atoms with van der Waals surface area (Å²) in [6.45, 7) is 1.79. The zero-order valence-electron chi connectivity index (χ0n) is 14.2. The fraction of sp³-hybridized carbons (Fsp3) is 0.375. The first kappa shape index (κ1) is 18.0. The van der Waals surface area contributed by atoms with Gasteiger partial charge in [0.05, 0.1) is 5.69 Å². The molecule has 0 saturated carbocycles. The molecule has 0 aliphatic rings. The van der Waals surface area contributed by atoms with E-state index in [1.807, 2.05) is 25.3 Å². The Labute approximate surface area is 144 Å². The Morgan fingerprint density at radius 2 is 2.17 bits per heavy atom. The monoisotopic (exact) mass is 347 g/mol. The second-order valence-corrected chi connectivity index (χ2v) is 6.25. The lowest BCUT2D eigenvalue weighted by Crippen LogP contribution is -2.21. The van der Waals surface area contributed by atoms with Crippen molar-refractivity contribution >= 4 is 29.2 Å². The van der Waals surface area contributed by atoms with Gasteiger partial charge in [0.2, 0.25) is 5.91 Å². The maximum absolute atomic E-state index is 12.2. The van der Waals surface area contributed by atoms with Gasteiger partial charge in [-0.2, -0.15) is 0 Å². The molecule has 2 aromatic heterocycles. The standard InChI is InChI=1S/C16H21N5O2S/c1-10-11(15(23)20-16(18-10)24-4)7-8-13(22)19-12-6-5-9-17-14(12)21(2)3/h5-6,9H,7-8H2,1-4H3,(H,19,22)(H,18,20,23). The molecule has 128 valence electrons. The summed E-state index contributed by atoms with van der Waals surface area (Å²) in [5.41, 5.74) is 1.66. The number of hydrogen-bond acceptors (Lipinski definition) is 6. The predicted octanol–water partition coefficient (Wildman–Crippen LogP) is 1.83. The Bertz CT molecular complexity index is 788. The Morgan fingerprint density at radius 1 is 1.42 bits per heavy atom. The van der Waals surface area contributed by atoms with E-state index < -0.39 is 0 Å². The van der Waals surface area contributed by atoms with Crippen molar-refractivity contribution in [3.05, 3.63) is 39.9 Å². The minimum atomic E-state index is -0.185. The van der Waals surface area contributed by atoms with E-state index in [0.717, 1.165) is 0 Å². The smallest absolute Gasteiger partial charge is 0.254 e. The maximum Gasteiger partial charge on any atom is 0.254 e. The van der Waals surface area contributed by atoms with E-state index in [9.17, 15) is 9.59 Å². The molecule has 1 amide bonds. The van der Waals surface area contributed by atoms with Gasteiger partial charge in [-0.1, -0.05) is 11.8 Å². The summed E-state index contributed by atoms with van der Waals surface area (Å²) < 4.78 is 0. The maximum atomic E-state index is 12.2. The molecule has 7 nitrogen and oxygen atoms in total. The van der Waals surface area contributed by atoms with Gasteiger partial charge in [-0.05, 0) is 31.7 Å². The van der Waals surface area contributed by atoms with Crippen LogP contribution < -0.4 is 15.8 Å². The van der Waals surface area contributed by atoms with Gasteiger partial charge >= 0.3 is 0 Å².